The van der Waals surface area contributed by atoms with Crippen LogP contribution in [-0.4, -0.2) is 22.6 Å². The van der Waals surface area contributed by atoms with Gasteiger partial charge in [0.15, 0.2) is 16.4 Å². The normalized spacial score (nSPS) is 11.1. The number of hydrogen-bond donors (Lipinski definition) is 1. The van der Waals surface area contributed by atoms with Gasteiger partial charge in [0.05, 0.1) is 19.9 Å². The lowest BCUT2D eigenvalue weighted by Crippen LogP contribution is -2.16. The van der Waals surface area contributed by atoms with Crippen molar-refractivity contribution in [2.24, 2.45) is 0 Å². The molecule has 0 aliphatic carbocycles. The highest BCUT2D eigenvalue weighted by Gasteiger charge is 2.24. The van der Waals surface area contributed by atoms with E-state index in [2.05, 4.69) is 4.72 Å². The summed E-state index contributed by atoms with van der Waals surface area (Å²) < 4.78 is 63.6. The van der Waals surface area contributed by atoms with E-state index in [0.29, 0.717) is 5.75 Å². The summed E-state index contributed by atoms with van der Waals surface area (Å²) in [6, 6.07) is 7.01. The fourth-order valence-electron chi connectivity index (χ4n) is 1.85. The molecule has 0 aliphatic rings. The van der Waals surface area contributed by atoms with Crippen LogP contribution < -0.4 is 14.2 Å². The third-order valence-corrected chi connectivity index (χ3v) is 4.26. The highest BCUT2D eigenvalue weighted by Crippen LogP contribution is 2.31. The molecule has 0 atom stereocenters. The Morgan fingerprint density at radius 3 is 2.09 bits per heavy atom. The number of ether oxygens (including phenoxy) is 2. The van der Waals surface area contributed by atoms with Crippen molar-refractivity contribution in [3.05, 3.63) is 48.0 Å². The summed E-state index contributed by atoms with van der Waals surface area (Å²) in [5.41, 5.74) is 0.0836. The fraction of sp³-hybridized carbons (Fsp3) is 0.143. The molecule has 0 unspecified atom stereocenters. The zero-order valence-corrected chi connectivity index (χ0v) is 12.6. The Morgan fingerprint density at radius 2 is 1.55 bits per heavy atom. The molecule has 5 nitrogen and oxygen atoms in total. The number of hydrogen-bond acceptors (Lipinski definition) is 4. The highest BCUT2D eigenvalue weighted by atomic mass is 32.2. The SMILES string of the molecule is COc1ccc(NS(=O)(=O)c2c(F)cccc2F)cc1OC. The molecule has 0 heterocycles. The molecule has 0 saturated carbocycles. The molecule has 0 bridgehead atoms. The third kappa shape index (κ3) is 3.11. The van der Waals surface area contributed by atoms with Gasteiger partial charge in [-0.3, -0.25) is 4.72 Å². The monoisotopic (exact) mass is 329 g/mol. The van der Waals surface area contributed by atoms with Crippen LogP contribution in [0.5, 0.6) is 11.5 Å². The van der Waals surface area contributed by atoms with Crippen molar-refractivity contribution in [2.45, 2.75) is 4.90 Å². The minimum atomic E-state index is -4.42. The van der Waals surface area contributed by atoms with Gasteiger partial charge in [0, 0.05) is 6.07 Å². The van der Waals surface area contributed by atoms with Crippen LogP contribution in [0.1, 0.15) is 0 Å². The summed E-state index contributed by atoms with van der Waals surface area (Å²) in [5, 5.41) is 0. The maximum absolute atomic E-state index is 13.6. The number of rotatable bonds is 5. The Balaban J connectivity index is 2.41. The van der Waals surface area contributed by atoms with Gasteiger partial charge in [-0.05, 0) is 24.3 Å². The maximum atomic E-state index is 13.6. The summed E-state index contributed by atoms with van der Waals surface area (Å²) in [7, 11) is -1.61. The molecule has 1 N–H and O–H groups in total. The van der Waals surface area contributed by atoms with Gasteiger partial charge in [0.25, 0.3) is 10.0 Å². The molecule has 118 valence electrons. The summed E-state index contributed by atoms with van der Waals surface area (Å²) in [6.07, 6.45) is 0. The smallest absolute Gasteiger partial charge is 0.267 e. The third-order valence-electron chi connectivity index (χ3n) is 2.82. The first-order valence-electron chi connectivity index (χ1n) is 6.08. The minimum absolute atomic E-state index is 0.0836. The van der Waals surface area contributed by atoms with Crippen LogP contribution >= 0.6 is 0 Å². The molecule has 22 heavy (non-hydrogen) atoms. The summed E-state index contributed by atoms with van der Waals surface area (Å²) in [6.45, 7) is 0. The van der Waals surface area contributed by atoms with Crippen LogP contribution in [0.25, 0.3) is 0 Å². The number of benzene rings is 2. The van der Waals surface area contributed by atoms with E-state index < -0.39 is 26.6 Å². The number of halogens is 2. The van der Waals surface area contributed by atoms with E-state index in [1.165, 1.54) is 32.4 Å². The average Bonchev–Trinajstić information content (AvgIpc) is 2.46. The Hall–Kier alpha value is -2.35. The van der Waals surface area contributed by atoms with Crippen molar-refractivity contribution in [1.29, 1.82) is 0 Å². The first-order valence-corrected chi connectivity index (χ1v) is 7.56. The Bertz CT molecular complexity index is 773. The first-order chi connectivity index (χ1) is 10.4. The lowest BCUT2D eigenvalue weighted by molar-refractivity contribution is 0.355. The Kier molecular flexibility index (Phi) is 4.51. The second kappa shape index (κ2) is 6.18. The van der Waals surface area contributed by atoms with Gasteiger partial charge in [0.1, 0.15) is 11.6 Å². The number of anilines is 1. The molecule has 2 aromatic carbocycles. The van der Waals surface area contributed by atoms with Crippen LogP contribution in [-0.2, 0) is 10.0 Å². The topological polar surface area (TPSA) is 64.6 Å². The molecule has 0 aromatic heterocycles. The van der Waals surface area contributed by atoms with E-state index in [1.54, 1.807) is 0 Å². The molecule has 0 radical (unpaired) electrons. The zero-order chi connectivity index (χ0) is 16.3. The predicted molar refractivity (Wildman–Crippen MR) is 76.7 cm³/mol. The molecule has 0 aliphatic heterocycles. The van der Waals surface area contributed by atoms with E-state index in [-0.39, 0.29) is 11.4 Å². The van der Waals surface area contributed by atoms with E-state index in [9.17, 15) is 17.2 Å². The van der Waals surface area contributed by atoms with Gasteiger partial charge >= 0.3 is 0 Å². The molecule has 0 spiro atoms. The van der Waals surface area contributed by atoms with E-state index in [4.69, 9.17) is 9.47 Å². The summed E-state index contributed by atoms with van der Waals surface area (Å²) in [5.74, 6) is -1.68. The predicted octanol–water partition coefficient (Wildman–Crippen LogP) is 2.78. The highest BCUT2D eigenvalue weighted by molar-refractivity contribution is 7.92. The Labute approximate surface area is 126 Å². The lowest BCUT2D eigenvalue weighted by atomic mass is 10.3. The molecule has 2 rings (SSSR count). The Morgan fingerprint density at radius 1 is 0.955 bits per heavy atom. The maximum Gasteiger partial charge on any atom is 0.267 e. The van der Waals surface area contributed by atoms with Crippen LogP contribution in [0.15, 0.2) is 41.3 Å². The van der Waals surface area contributed by atoms with Gasteiger partial charge in [-0.25, -0.2) is 17.2 Å². The zero-order valence-electron chi connectivity index (χ0n) is 11.8. The van der Waals surface area contributed by atoms with Gasteiger partial charge in [-0.1, -0.05) is 6.07 Å². The first kappa shape index (κ1) is 16.0. The minimum Gasteiger partial charge on any atom is -0.493 e. The van der Waals surface area contributed by atoms with Crippen LogP contribution in [0, 0.1) is 11.6 Å². The van der Waals surface area contributed by atoms with Gasteiger partial charge < -0.3 is 9.47 Å². The van der Waals surface area contributed by atoms with Crippen molar-refractivity contribution in [2.75, 3.05) is 18.9 Å². The second-order valence-electron chi connectivity index (χ2n) is 4.23. The molecule has 8 heteroatoms. The van der Waals surface area contributed by atoms with Crippen molar-refractivity contribution >= 4 is 15.7 Å². The van der Waals surface area contributed by atoms with Gasteiger partial charge in [-0.15, -0.1) is 0 Å². The quantitative estimate of drug-likeness (QED) is 0.916. The molecule has 0 amide bonds. The largest absolute Gasteiger partial charge is 0.493 e. The molecule has 2 aromatic rings. The van der Waals surface area contributed by atoms with Gasteiger partial charge in [0.2, 0.25) is 0 Å². The van der Waals surface area contributed by atoms with E-state index >= 15 is 0 Å². The number of sulfonamides is 1. The van der Waals surface area contributed by atoms with Crippen LogP contribution in [0.4, 0.5) is 14.5 Å². The van der Waals surface area contributed by atoms with Crippen LogP contribution in [0.3, 0.4) is 0 Å². The van der Waals surface area contributed by atoms with Crippen molar-refractivity contribution in [3.63, 3.8) is 0 Å². The standard InChI is InChI=1S/C14H13F2NO4S/c1-20-12-7-6-9(8-13(12)21-2)17-22(18,19)14-10(15)4-3-5-11(14)16/h3-8,17H,1-2H3. The molecular formula is C14H13F2NO4S. The van der Waals surface area contributed by atoms with Crippen molar-refractivity contribution in [1.82, 2.24) is 0 Å². The van der Waals surface area contributed by atoms with Crippen molar-refractivity contribution in [3.8, 4) is 11.5 Å². The fourth-order valence-corrected chi connectivity index (χ4v) is 3.03. The molecule has 0 saturated heterocycles. The average molecular weight is 329 g/mol. The van der Waals surface area contributed by atoms with E-state index in [1.807, 2.05) is 0 Å². The van der Waals surface area contributed by atoms with Crippen LogP contribution in [0.2, 0.25) is 0 Å². The van der Waals surface area contributed by atoms with Crippen molar-refractivity contribution < 1.29 is 26.7 Å². The van der Waals surface area contributed by atoms with E-state index in [0.717, 1.165) is 18.2 Å². The number of methoxy groups -OCH3 is 2. The number of nitrogens with one attached hydrogen (secondary N) is 1. The lowest BCUT2D eigenvalue weighted by Gasteiger charge is -2.12. The molecular weight excluding hydrogens is 316 g/mol. The van der Waals surface area contributed by atoms with Gasteiger partial charge in [-0.2, -0.15) is 0 Å². The summed E-state index contributed by atoms with van der Waals surface area (Å²) >= 11 is 0. The summed E-state index contributed by atoms with van der Waals surface area (Å²) in [4.78, 5) is -1.04. The second-order valence-corrected chi connectivity index (χ2v) is 5.85. The molecule has 0 fully saturated rings.